The van der Waals surface area contributed by atoms with E-state index in [2.05, 4.69) is 15.6 Å². The molecule has 2 saturated heterocycles. The fraction of sp³-hybridized carbons (Fsp3) is 0.824. The summed E-state index contributed by atoms with van der Waals surface area (Å²) in [5, 5.41) is 6.43. The van der Waals surface area contributed by atoms with Crippen molar-refractivity contribution in [3.63, 3.8) is 0 Å². The third-order valence-corrected chi connectivity index (χ3v) is 4.67. The molecule has 0 spiro atoms. The highest BCUT2D eigenvalue weighted by Crippen LogP contribution is 2.12. The Hall–Kier alpha value is -1.79. The summed E-state index contributed by atoms with van der Waals surface area (Å²) in [6.07, 6.45) is 4.31. The zero-order chi connectivity index (χ0) is 17.5. The van der Waals surface area contributed by atoms with Crippen molar-refractivity contribution in [3.05, 3.63) is 0 Å². The van der Waals surface area contributed by atoms with Crippen LogP contribution in [0.3, 0.4) is 0 Å². The number of aliphatic imine (C=N–C) groups is 1. The van der Waals surface area contributed by atoms with Crippen molar-refractivity contribution in [2.45, 2.75) is 45.6 Å². The third kappa shape index (κ3) is 5.11. The number of piperidine rings is 1. The highest BCUT2D eigenvalue weighted by atomic mass is 16.2. The summed E-state index contributed by atoms with van der Waals surface area (Å²) >= 11 is 0. The lowest BCUT2D eigenvalue weighted by molar-refractivity contribution is -0.133. The summed E-state index contributed by atoms with van der Waals surface area (Å²) < 4.78 is 0. The fourth-order valence-electron chi connectivity index (χ4n) is 3.25. The first-order chi connectivity index (χ1) is 11.5. The Kier molecular flexibility index (Phi) is 6.87. The lowest BCUT2D eigenvalue weighted by Gasteiger charge is -2.27. The number of carbonyl (C=O) groups is 2. The number of rotatable bonds is 4. The van der Waals surface area contributed by atoms with E-state index in [1.54, 1.807) is 7.05 Å². The van der Waals surface area contributed by atoms with Crippen LogP contribution < -0.4 is 10.6 Å². The van der Waals surface area contributed by atoms with Gasteiger partial charge in [-0.15, -0.1) is 0 Å². The topological polar surface area (TPSA) is 77.0 Å². The molecule has 0 bridgehead atoms. The van der Waals surface area contributed by atoms with Gasteiger partial charge in [0.2, 0.25) is 11.8 Å². The molecule has 0 saturated carbocycles. The van der Waals surface area contributed by atoms with Crippen molar-refractivity contribution >= 4 is 17.8 Å². The molecule has 2 N–H and O–H groups in total. The number of hydrogen-bond acceptors (Lipinski definition) is 3. The molecule has 7 nitrogen and oxygen atoms in total. The fourth-order valence-corrected chi connectivity index (χ4v) is 3.25. The number of nitrogens with one attached hydrogen (secondary N) is 2. The van der Waals surface area contributed by atoms with Gasteiger partial charge in [-0.05, 0) is 25.7 Å². The van der Waals surface area contributed by atoms with Crippen molar-refractivity contribution < 1.29 is 9.59 Å². The average Bonchev–Trinajstić information content (AvgIpc) is 3.06. The molecule has 2 aliphatic rings. The normalized spacial score (nSPS) is 22.0. The molecule has 0 aromatic carbocycles. The van der Waals surface area contributed by atoms with Gasteiger partial charge >= 0.3 is 0 Å². The molecule has 2 heterocycles. The minimum absolute atomic E-state index is 0.0309. The van der Waals surface area contributed by atoms with Crippen LogP contribution in [0.15, 0.2) is 4.99 Å². The minimum Gasteiger partial charge on any atom is -0.352 e. The van der Waals surface area contributed by atoms with Crippen molar-refractivity contribution in [2.24, 2.45) is 10.9 Å². The second-order valence-corrected chi connectivity index (χ2v) is 6.94. The van der Waals surface area contributed by atoms with E-state index in [0.717, 1.165) is 38.9 Å². The van der Waals surface area contributed by atoms with Crippen LogP contribution in [0.1, 0.15) is 39.5 Å². The lowest BCUT2D eigenvalue weighted by atomic mass is 10.1. The van der Waals surface area contributed by atoms with Gasteiger partial charge in [0, 0.05) is 45.2 Å². The van der Waals surface area contributed by atoms with Gasteiger partial charge in [0.25, 0.3) is 0 Å². The van der Waals surface area contributed by atoms with E-state index in [1.165, 1.54) is 6.42 Å². The van der Waals surface area contributed by atoms with Crippen LogP contribution in [0, 0.1) is 5.92 Å². The molecule has 2 amide bonds. The molecule has 0 aromatic heterocycles. The van der Waals surface area contributed by atoms with Crippen molar-refractivity contribution in [2.75, 3.05) is 39.8 Å². The van der Waals surface area contributed by atoms with Gasteiger partial charge in [0.1, 0.15) is 0 Å². The summed E-state index contributed by atoms with van der Waals surface area (Å²) in [5.74, 6) is 0.982. The van der Waals surface area contributed by atoms with E-state index in [9.17, 15) is 9.59 Å². The third-order valence-electron chi connectivity index (χ3n) is 4.67. The Labute approximate surface area is 144 Å². The second-order valence-electron chi connectivity index (χ2n) is 6.94. The number of carbonyl (C=O) groups excluding carboxylic acids is 2. The Morgan fingerprint density at radius 2 is 1.83 bits per heavy atom. The monoisotopic (exact) mass is 337 g/mol. The first-order valence-corrected chi connectivity index (χ1v) is 9.05. The van der Waals surface area contributed by atoms with E-state index in [0.29, 0.717) is 12.5 Å². The molecule has 2 aliphatic heterocycles. The van der Waals surface area contributed by atoms with Gasteiger partial charge < -0.3 is 20.4 Å². The van der Waals surface area contributed by atoms with Crippen molar-refractivity contribution in [1.82, 2.24) is 20.4 Å². The number of nitrogens with zero attached hydrogens (tertiary/aromatic N) is 3. The second kappa shape index (κ2) is 8.89. The smallest absolute Gasteiger partial charge is 0.241 e. The molecule has 1 atom stereocenters. The molecular weight excluding hydrogens is 306 g/mol. The van der Waals surface area contributed by atoms with Crippen LogP contribution in [0.25, 0.3) is 0 Å². The van der Waals surface area contributed by atoms with E-state index in [1.807, 2.05) is 23.6 Å². The molecule has 0 radical (unpaired) electrons. The SMILES string of the molecule is CN=C(NCC(=O)N1CCCCC1)NC1CCN(C(=O)C(C)C)C1. The quantitative estimate of drug-likeness (QED) is 0.576. The van der Waals surface area contributed by atoms with Gasteiger partial charge in [0.15, 0.2) is 5.96 Å². The predicted octanol–water partition coefficient (Wildman–Crippen LogP) is 0.421. The van der Waals surface area contributed by atoms with Crippen molar-refractivity contribution in [1.29, 1.82) is 0 Å². The molecule has 0 aliphatic carbocycles. The van der Waals surface area contributed by atoms with Crippen LogP contribution in [0.5, 0.6) is 0 Å². The van der Waals surface area contributed by atoms with Crippen LogP contribution in [-0.4, -0.2) is 73.4 Å². The van der Waals surface area contributed by atoms with Gasteiger partial charge in [-0.2, -0.15) is 0 Å². The maximum atomic E-state index is 12.2. The molecule has 24 heavy (non-hydrogen) atoms. The summed E-state index contributed by atoms with van der Waals surface area (Å²) in [7, 11) is 1.70. The lowest BCUT2D eigenvalue weighted by Crippen LogP contribution is -2.49. The van der Waals surface area contributed by atoms with Crippen LogP contribution >= 0.6 is 0 Å². The predicted molar refractivity (Wildman–Crippen MR) is 94.8 cm³/mol. The van der Waals surface area contributed by atoms with Gasteiger partial charge in [0.05, 0.1) is 6.54 Å². The Bertz CT molecular complexity index is 472. The minimum atomic E-state index is 0.0309. The van der Waals surface area contributed by atoms with Crippen molar-refractivity contribution in [3.8, 4) is 0 Å². The molecule has 2 rings (SSSR count). The highest BCUT2D eigenvalue weighted by Gasteiger charge is 2.28. The van der Waals surface area contributed by atoms with Crippen LogP contribution in [-0.2, 0) is 9.59 Å². The zero-order valence-electron chi connectivity index (χ0n) is 15.2. The van der Waals surface area contributed by atoms with E-state index in [-0.39, 0.29) is 30.3 Å². The van der Waals surface area contributed by atoms with Gasteiger partial charge in [-0.25, -0.2) is 0 Å². The molecule has 136 valence electrons. The highest BCUT2D eigenvalue weighted by molar-refractivity contribution is 5.86. The summed E-state index contributed by atoms with van der Waals surface area (Å²) in [4.78, 5) is 32.2. The van der Waals surface area contributed by atoms with E-state index < -0.39 is 0 Å². The maximum Gasteiger partial charge on any atom is 0.241 e. The van der Waals surface area contributed by atoms with E-state index in [4.69, 9.17) is 0 Å². The number of likely N-dealkylation sites (tertiary alicyclic amines) is 2. The van der Waals surface area contributed by atoms with Crippen LogP contribution in [0.4, 0.5) is 0 Å². The largest absolute Gasteiger partial charge is 0.352 e. The molecule has 2 fully saturated rings. The summed E-state index contributed by atoms with van der Waals surface area (Å²) in [6.45, 7) is 7.31. The van der Waals surface area contributed by atoms with Crippen LogP contribution in [0.2, 0.25) is 0 Å². The standard InChI is InChI=1S/C17H31N5O2/c1-13(2)16(24)22-10-7-14(12-22)20-17(18-3)19-11-15(23)21-8-5-4-6-9-21/h13-14H,4-12H2,1-3H3,(H2,18,19,20). The van der Waals surface area contributed by atoms with Gasteiger partial charge in [-0.3, -0.25) is 14.6 Å². The Balaban J connectivity index is 1.74. The number of amides is 2. The number of hydrogen-bond donors (Lipinski definition) is 2. The summed E-state index contributed by atoms with van der Waals surface area (Å²) in [5.41, 5.74) is 0. The Morgan fingerprint density at radius 1 is 1.12 bits per heavy atom. The molecule has 7 heteroatoms. The molecular formula is C17H31N5O2. The first kappa shape index (κ1) is 18.5. The molecule has 1 unspecified atom stereocenters. The van der Waals surface area contributed by atoms with Gasteiger partial charge in [-0.1, -0.05) is 13.8 Å². The van der Waals surface area contributed by atoms with E-state index >= 15 is 0 Å². The zero-order valence-corrected chi connectivity index (χ0v) is 15.2. The Morgan fingerprint density at radius 3 is 2.46 bits per heavy atom. The number of guanidine groups is 1. The maximum absolute atomic E-state index is 12.2. The average molecular weight is 337 g/mol. The first-order valence-electron chi connectivity index (χ1n) is 9.05. The summed E-state index contributed by atoms with van der Waals surface area (Å²) in [6, 6.07) is 0.184. The molecule has 0 aromatic rings.